The molecule has 6 heteroatoms. The van der Waals surface area contributed by atoms with Gasteiger partial charge in [-0.2, -0.15) is 0 Å². The number of sulfone groups is 1. The van der Waals surface area contributed by atoms with Crippen molar-refractivity contribution in [2.24, 2.45) is 0 Å². The Hall–Kier alpha value is -2.21. The van der Waals surface area contributed by atoms with Crippen LogP contribution >= 0.6 is 0 Å². The first-order chi connectivity index (χ1) is 11.7. The van der Waals surface area contributed by atoms with Crippen LogP contribution in [0.3, 0.4) is 0 Å². The van der Waals surface area contributed by atoms with Crippen LogP contribution < -0.4 is 5.32 Å². The zero-order valence-electron chi connectivity index (χ0n) is 14.2. The lowest BCUT2D eigenvalue weighted by atomic mass is 9.95. The molecular weight excluding hydrogens is 341 g/mol. The summed E-state index contributed by atoms with van der Waals surface area (Å²) in [4.78, 5) is 12.7. The number of aryl methyl sites for hydroxylation is 1. The molecule has 0 bridgehead atoms. The van der Waals surface area contributed by atoms with E-state index < -0.39 is 9.84 Å². The molecule has 1 N–H and O–H groups in total. The second kappa shape index (κ2) is 6.26. The van der Waals surface area contributed by atoms with E-state index in [1.54, 1.807) is 25.1 Å². The zero-order valence-corrected chi connectivity index (χ0v) is 15.0. The number of rotatable bonds is 5. The minimum atomic E-state index is -3.37. The normalized spacial score (nSPS) is 15.6. The van der Waals surface area contributed by atoms with E-state index in [4.69, 9.17) is 0 Å². The van der Waals surface area contributed by atoms with Crippen molar-refractivity contribution in [2.45, 2.75) is 30.1 Å². The molecule has 0 aromatic heterocycles. The van der Waals surface area contributed by atoms with Gasteiger partial charge in [0.05, 0.1) is 4.90 Å². The van der Waals surface area contributed by atoms with Crippen molar-refractivity contribution < 1.29 is 17.6 Å². The highest BCUT2D eigenvalue weighted by atomic mass is 32.2. The summed E-state index contributed by atoms with van der Waals surface area (Å²) < 4.78 is 36.5. The maximum atomic E-state index is 13.1. The summed E-state index contributed by atoms with van der Waals surface area (Å²) in [6, 6.07) is 10.9. The van der Waals surface area contributed by atoms with Crippen LogP contribution in [0.2, 0.25) is 0 Å². The Morgan fingerprint density at radius 1 is 1.16 bits per heavy atom. The van der Waals surface area contributed by atoms with Crippen molar-refractivity contribution >= 4 is 15.7 Å². The summed E-state index contributed by atoms with van der Waals surface area (Å²) in [6.07, 6.45) is 2.98. The standard InChI is InChI=1S/C19H20FNO3S/c1-13-3-8-16(25(2,23)24)11-17(13)18(22)21-12-19(9-10-19)14-4-6-15(20)7-5-14/h3-8,11H,9-10,12H2,1-2H3,(H,21,22). The molecule has 132 valence electrons. The van der Waals surface area contributed by atoms with Crippen LogP contribution in [0.25, 0.3) is 0 Å². The van der Waals surface area contributed by atoms with E-state index in [1.165, 1.54) is 24.3 Å². The van der Waals surface area contributed by atoms with Crippen molar-refractivity contribution in [2.75, 3.05) is 12.8 Å². The summed E-state index contributed by atoms with van der Waals surface area (Å²) in [5, 5.41) is 2.91. The van der Waals surface area contributed by atoms with Gasteiger partial charge < -0.3 is 5.32 Å². The smallest absolute Gasteiger partial charge is 0.251 e. The van der Waals surface area contributed by atoms with Crippen LogP contribution in [0.15, 0.2) is 47.4 Å². The van der Waals surface area contributed by atoms with E-state index in [0.29, 0.717) is 12.1 Å². The molecule has 0 aliphatic heterocycles. The number of carbonyl (C=O) groups is 1. The number of benzene rings is 2. The first kappa shape index (κ1) is 17.6. The lowest BCUT2D eigenvalue weighted by Gasteiger charge is -2.17. The van der Waals surface area contributed by atoms with E-state index in [0.717, 1.165) is 30.2 Å². The fraction of sp³-hybridized carbons (Fsp3) is 0.316. The Labute approximate surface area is 147 Å². The van der Waals surface area contributed by atoms with Crippen LogP contribution in [0.1, 0.15) is 34.3 Å². The highest BCUT2D eigenvalue weighted by molar-refractivity contribution is 7.90. The fourth-order valence-corrected chi connectivity index (χ4v) is 3.59. The monoisotopic (exact) mass is 361 g/mol. The maximum absolute atomic E-state index is 13.1. The molecular formula is C19H20FNO3S. The van der Waals surface area contributed by atoms with Gasteiger partial charge in [0.15, 0.2) is 9.84 Å². The second-order valence-electron chi connectivity index (χ2n) is 6.72. The molecule has 0 saturated heterocycles. The molecule has 3 rings (SSSR count). The predicted molar refractivity (Wildman–Crippen MR) is 93.9 cm³/mol. The quantitative estimate of drug-likeness (QED) is 0.890. The Morgan fingerprint density at radius 2 is 1.80 bits per heavy atom. The van der Waals surface area contributed by atoms with Crippen molar-refractivity contribution in [1.82, 2.24) is 5.32 Å². The predicted octanol–water partition coefficient (Wildman–Crippen LogP) is 3.00. The third-order valence-corrected chi connectivity index (χ3v) is 5.89. The first-order valence-electron chi connectivity index (χ1n) is 8.06. The molecule has 0 heterocycles. The topological polar surface area (TPSA) is 63.2 Å². The van der Waals surface area contributed by atoms with Crippen molar-refractivity contribution in [3.63, 3.8) is 0 Å². The zero-order chi connectivity index (χ0) is 18.2. The fourth-order valence-electron chi connectivity index (χ4n) is 2.94. The number of nitrogens with one attached hydrogen (secondary N) is 1. The molecule has 0 spiro atoms. The molecule has 1 saturated carbocycles. The Kier molecular flexibility index (Phi) is 4.41. The summed E-state index contributed by atoms with van der Waals surface area (Å²) in [6.45, 7) is 2.22. The summed E-state index contributed by atoms with van der Waals surface area (Å²) in [5.41, 5.74) is 1.94. The number of hydrogen-bond donors (Lipinski definition) is 1. The van der Waals surface area contributed by atoms with Crippen molar-refractivity contribution in [1.29, 1.82) is 0 Å². The van der Waals surface area contributed by atoms with Gasteiger partial charge in [0.1, 0.15) is 5.82 Å². The van der Waals surface area contributed by atoms with Gasteiger partial charge in [-0.05, 0) is 55.2 Å². The van der Waals surface area contributed by atoms with Crippen molar-refractivity contribution in [3.05, 3.63) is 65.0 Å². The molecule has 1 aliphatic rings. The number of carbonyl (C=O) groups excluding carboxylic acids is 1. The van der Waals surface area contributed by atoms with Crippen molar-refractivity contribution in [3.8, 4) is 0 Å². The van der Waals surface area contributed by atoms with Gasteiger partial charge in [0.25, 0.3) is 5.91 Å². The van der Waals surface area contributed by atoms with Gasteiger partial charge in [-0.3, -0.25) is 4.79 Å². The molecule has 2 aromatic rings. The Bertz CT molecular complexity index is 916. The Morgan fingerprint density at radius 3 is 2.36 bits per heavy atom. The molecule has 25 heavy (non-hydrogen) atoms. The number of amides is 1. The van der Waals surface area contributed by atoms with Crippen LogP contribution in [0, 0.1) is 12.7 Å². The molecule has 1 amide bonds. The van der Waals surface area contributed by atoms with Gasteiger partial charge in [-0.25, -0.2) is 12.8 Å². The third kappa shape index (κ3) is 3.74. The van der Waals surface area contributed by atoms with E-state index in [1.807, 2.05) is 0 Å². The summed E-state index contributed by atoms with van der Waals surface area (Å²) in [5.74, 6) is -0.576. The van der Waals surface area contributed by atoms with E-state index in [2.05, 4.69) is 5.32 Å². The SMILES string of the molecule is Cc1ccc(S(C)(=O)=O)cc1C(=O)NCC1(c2ccc(F)cc2)CC1. The largest absolute Gasteiger partial charge is 0.351 e. The minimum Gasteiger partial charge on any atom is -0.351 e. The molecule has 0 atom stereocenters. The number of hydrogen-bond acceptors (Lipinski definition) is 3. The molecule has 1 fully saturated rings. The van der Waals surface area contributed by atoms with Gasteiger partial charge in [0, 0.05) is 23.8 Å². The van der Waals surface area contributed by atoms with Crippen LogP contribution in [-0.4, -0.2) is 27.1 Å². The average Bonchev–Trinajstić information content (AvgIpc) is 3.34. The minimum absolute atomic E-state index is 0.128. The third-order valence-electron chi connectivity index (χ3n) is 4.78. The Balaban J connectivity index is 1.76. The molecule has 1 aliphatic carbocycles. The molecule has 0 radical (unpaired) electrons. The summed E-state index contributed by atoms with van der Waals surface area (Å²) in [7, 11) is -3.37. The lowest BCUT2D eigenvalue weighted by molar-refractivity contribution is 0.0949. The highest BCUT2D eigenvalue weighted by Gasteiger charge is 2.44. The van der Waals surface area contributed by atoms with Gasteiger partial charge in [-0.15, -0.1) is 0 Å². The van der Waals surface area contributed by atoms with Crippen LogP contribution in [0.5, 0.6) is 0 Å². The van der Waals surface area contributed by atoms with Crippen LogP contribution in [-0.2, 0) is 15.3 Å². The van der Waals surface area contributed by atoms with Crippen LogP contribution in [0.4, 0.5) is 4.39 Å². The second-order valence-corrected chi connectivity index (χ2v) is 8.73. The van der Waals surface area contributed by atoms with E-state index in [9.17, 15) is 17.6 Å². The number of halogens is 1. The van der Waals surface area contributed by atoms with Gasteiger partial charge >= 0.3 is 0 Å². The van der Waals surface area contributed by atoms with Gasteiger partial charge in [-0.1, -0.05) is 18.2 Å². The molecule has 2 aromatic carbocycles. The average molecular weight is 361 g/mol. The molecule has 4 nitrogen and oxygen atoms in total. The lowest BCUT2D eigenvalue weighted by Crippen LogP contribution is -2.32. The summed E-state index contributed by atoms with van der Waals surface area (Å²) >= 11 is 0. The first-order valence-corrected chi connectivity index (χ1v) is 9.95. The highest BCUT2D eigenvalue weighted by Crippen LogP contribution is 2.47. The maximum Gasteiger partial charge on any atom is 0.251 e. The van der Waals surface area contributed by atoms with E-state index in [-0.39, 0.29) is 22.0 Å². The molecule has 0 unspecified atom stereocenters. The van der Waals surface area contributed by atoms with Gasteiger partial charge in [0.2, 0.25) is 0 Å². The van der Waals surface area contributed by atoms with E-state index >= 15 is 0 Å².